The van der Waals surface area contributed by atoms with Crippen LogP contribution < -0.4 is 10.6 Å². The van der Waals surface area contributed by atoms with Gasteiger partial charge in [-0.2, -0.15) is 0 Å². The van der Waals surface area contributed by atoms with Gasteiger partial charge in [-0.15, -0.1) is 22.7 Å². The topological polar surface area (TPSA) is 84.5 Å². The molecule has 2 N–H and O–H groups in total. The average Bonchev–Trinajstić information content (AvgIpc) is 3.25. The van der Waals surface area contributed by atoms with E-state index in [2.05, 4.69) is 17.6 Å². The lowest BCUT2D eigenvalue weighted by Gasteiger charge is -2.09. The first-order valence-electron chi connectivity index (χ1n) is 8.39. The van der Waals surface area contributed by atoms with Crippen LogP contribution in [-0.4, -0.2) is 30.9 Å². The third-order valence-corrected chi connectivity index (χ3v) is 5.31. The maximum Gasteiger partial charge on any atom is 0.342 e. The van der Waals surface area contributed by atoms with Gasteiger partial charge >= 0.3 is 5.97 Å². The molecule has 0 aliphatic carbocycles. The fourth-order valence-corrected chi connectivity index (χ4v) is 4.10. The second-order valence-corrected chi connectivity index (χ2v) is 7.47. The van der Waals surface area contributed by atoms with Crippen LogP contribution in [0.1, 0.15) is 43.5 Å². The minimum atomic E-state index is -0.623. The fourth-order valence-electron chi connectivity index (χ4n) is 2.28. The summed E-state index contributed by atoms with van der Waals surface area (Å²) < 4.78 is 5.18. The number of thiophene rings is 2. The van der Waals surface area contributed by atoms with E-state index < -0.39 is 5.97 Å². The number of carbonyl (C=O) groups excluding carboxylic acids is 3. The van der Waals surface area contributed by atoms with Crippen LogP contribution in [0.3, 0.4) is 0 Å². The first kappa shape index (κ1) is 20.1. The van der Waals surface area contributed by atoms with E-state index in [0.29, 0.717) is 17.1 Å². The van der Waals surface area contributed by atoms with Crippen LogP contribution >= 0.6 is 22.7 Å². The largest absolute Gasteiger partial charge is 0.452 e. The Morgan fingerprint density at radius 2 is 2.00 bits per heavy atom. The summed E-state index contributed by atoms with van der Waals surface area (Å²) in [5, 5.41) is 9.52. The van der Waals surface area contributed by atoms with Gasteiger partial charge in [-0.3, -0.25) is 9.59 Å². The Kier molecular flexibility index (Phi) is 7.80. The summed E-state index contributed by atoms with van der Waals surface area (Å²) in [5.41, 5.74) is 0.980. The Labute approximate surface area is 160 Å². The van der Waals surface area contributed by atoms with Crippen molar-refractivity contribution in [3.8, 4) is 10.4 Å². The average molecular weight is 395 g/mol. The van der Waals surface area contributed by atoms with Gasteiger partial charge in [0.2, 0.25) is 5.91 Å². The molecule has 0 unspecified atom stereocenters. The van der Waals surface area contributed by atoms with Crippen LogP contribution in [0.5, 0.6) is 0 Å². The summed E-state index contributed by atoms with van der Waals surface area (Å²) in [7, 11) is 0. The minimum Gasteiger partial charge on any atom is -0.452 e. The molecule has 0 spiro atoms. The number of hydrogen-bond acceptors (Lipinski definition) is 6. The number of esters is 1. The normalized spacial score (nSPS) is 10.4. The van der Waals surface area contributed by atoms with E-state index >= 15 is 0 Å². The number of anilines is 1. The van der Waals surface area contributed by atoms with E-state index in [1.165, 1.54) is 29.6 Å². The molecular weight excluding hydrogens is 372 g/mol. The molecule has 0 aliphatic heterocycles. The van der Waals surface area contributed by atoms with Crippen LogP contribution in [0, 0.1) is 0 Å². The molecule has 2 aromatic rings. The van der Waals surface area contributed by atoms with E-state index in [4.69, 9.17) is 4.74 Å². The van der Waals surface area contributed by atoms with E-state index in [1.807, 2.05) is 17.5 Å². The highest BCUT2D eigenvalue weighted by Crippen LogP contribution is 2.38. The molecule has 26 heavy (non-hydrogen) atoms. The number of hydrogen-bond donors (Lipinski definition) is 2. The quantitative estimate of drug-likeness (QED) is 0.499. The number of ether oxygens (including phenoxy) is 1. The van der Waals surface area contributed by atoms with Crippen molar-refractivity contribution in [1.29, 1.82) is 0 Å². The molecule has 0 saturated carbocycles. The molecule has 6 nitrogen and oxygen atoms in total. The molecular formula is C18H22N2O4S2. The van der Waals surface area contributed by atoms with Crippen molar-refractivity contribution in [2.45, 2.75) is 33.1 Å². The number of unbranched alkanes of at least 4 members (excludes halogenated alkanes) is 2. The van der Waals surface area contributed by atoms with Crippen molar-refractivity contribution in [3.63, 3.8) is 0 Å². The molecule has 0 aromatic carbocycles. The van der Waals surface area contributed by atoms with E-state index in [-0.39, 0.29) is 24.0 Å². The predicted molar refractivity (Wildman–Crippen MR) is 105 cm³/mol. The number of amides is 2. The van der Waals surface area contributed by atoms with Gasteiger partial charge in [-0.1, -0.05) is 25.8 Å². The molecule has 0 saturated heterocycles. The summed E-state index contributed by atoms with van der Waals surface area (Å²) in [6.45, 7) is 3.69. The highest BCUT2D eigenvalue weighted by molar-refractivity contribution is 7.17. The molecule has 8 heteroatoms. The SMILES string of the molecule is CCCCCNC(=O)COC(=O)c1c(-c2cccs2)csc1NC(C)=O. The van der Waals surface area contributed by atoms with Gasteiger partial charge < -0.3 is 15.4 Å². The van der Waals surface area contributed by atoms with E-state index in [0.717, 1.165) is 24.1 Å². The van der Waals surface area contributed by atoms with Crippen molar-refractivity contribution in [1.82, 2.24) is 5.32 Å². The van der Waals surface area contributed by atoms with Gasteiger partial charge in [0.15, 0.2) is 6.61 Å². The third kappa shape index (κ3) is 5.67. The monoisotopic (exact) mass is 394 g/mol. The van der Waals surface area contributed by atoms with Crippen LogP contribution in [0.25, 0.3) is 10.4 Å². The minimum absolute atomic E-state index is 0.271. The zero-order valence-electron chi connectivity index (χ0n) is 14.8. The molecule has 0 atom stereocenters. The summed E-state index contributed by atoms with van der Waals surface area (Å²) >= 11 is 2.74. The van der Waals surface area contributed by atoms with E-state index in [9.17, 15) is 14.4 Å². The second kappa shape index (κ2) is 10.1. The molecule has 2 heterocycles. The van der Waals surface area contributed by atoms with Crippen LogP contribution in [0.4, 0.5) is 5.00 Å². The Balaban J connectivity index is 2.05. The second-order valence-electron chi connectivity index (χ2n) is 5.65. The summed E-state index contributed by atoms with van der Waals surface area (Å²) in [6.07, 6.45) is 3.01. The number of carbonyl (C=O) groups is 3. The van der Waals surface area contributed by atoms with E-state index in [1.54, 1.807) is 5.38 Å². The predicted octanol–water partition coefficient (Wildman–Crippen LogP) is 3.90. The molecule has 0 bridgehead atoms. The lowest BCUT2D eigenvalue weighted by atomic mass is 10.1. The Bertz CT molecular complexity index is 753. The van der Waals surface area contributed by atoms with Crippen molar-refractivity contribution >= 4 is 45.5 Å². The van der Waals surface area contributed by atoms with Gasteiger partial charge in [0.05, 0.1) is 0 Å². The highest BCUT2D eigenvalue weighted by atomic mass is 32.1. The van der Waals surface area contributed by atoms with Crippen LogP contribution in [0.15, 0.2) is 22.9 Å². The van der Waals surface area contributed by atoms with Gasteiger partial charge in [0, 0.05) is 29.3 Å². The maximum absolute atomic E-state index is 12.6. The first-order valence-corrected chi connectivity index (χ1v) is 10.2. The zero-order valence-corrected chi connectivity index (χ0v) is 16.4. The molecule has 2 aromatic heterocycles. The van der Waals surface area contributed by atoms with Gasteiger partial charge in [-0.25, -0.2) is 4.79 Å². The van der Waals surface area contributed by atoms with Gasteiger partial charge in [0.25, 0.3) is 5.91 Å². The third-order valence-electron chi connectivity index (χ3n) is 3.51. The van der Waals surface area contributed by atoms with Crippen molar-refractivity contribution in [3.05, 3.63) is 28.5 Å². The number of rotatable bonds is 9. The van der Waals surface area contributed by atoms with Crippen molar-refractivity contribution < 1.29 is 19.1 Å². The summed E-state index contributed by atoms with van der Waals surface area (Å²) in [6, 6.07) is 3.77. The molecule has 0 aliphatic rings. The smallest absolute Gasteiger partial charge is 0.342 e. The Morgan fingerprint density at radius 1 is 1.19 bits per heavy atom. The molecule has 140 valence electrons. The first-order chi connectivity index (χ1) is 12.5. The lowest BCUT2D eigenvalue weighted by Crippen LogP contribution is -2.29. The molecule has 2 rings (SSSR count). The van der Waals surface area contributed by atoms with Crippen LogP contribution in [-0.2, 0) is 14.3 Å². The highest BCUT2D eigenvalue weighted by Gasteiger charge is 2.23. The summed E-state index contributed by atoms with van der Waals surface area (Å²) in [5.74, 6) is -1.22. The molecule has 2 amide bonds. The standard InChI is InChI=1S/C18H22N2O4S2/c1-3-4-5-8-19-15(22)10-24-18(23)16-13(14-7-6-9-25-14)11-26-17(16)20-12(2)21/h6-7,9,11H,3-5,8,10H2,1-2H3,(H,19,22)(H,20,21). The van der Waals surface area contributed by atoms with Crippen molar-refractivity contribution in [2.75, 3.05) is 18.5 Å². The van der Waals surface area contributed by atoms with Gasteiger partial charge in [-0.05, 0) is 17.9 Å². The fraction of sp³-hybridized carbons (Fsp3) is 0.389. The van der Waals surface area contributed by atoms with Crippen molar-refractivity contribution in [2.24, 2.45) is 0 Å². The summed E-state index contributed by atoms with van der Waals surface area (Å²) in [4.78, 5) is 36.7. The molecule has 0 radical (unpaired) electrons. The van der Waals surface area contributed by atoms with Crippen LogP contribution in [0.2, 0.25) is 0 Å². The molecule has 0 fully saturated rings. The zero-order chi connectivity index (χ0) is 18.9. The lowest BCUT2D eigenvalue weighted by molar-refractivity contribution is -0.124. The maximum atomic E-state index is 12.6. The van der Waals surface area contributed by atoms with Gasteiger partial charge in [0.1, 0.15) is 10.6 Å². The Morgan fingerprint density at radius 3 is 2.65 bits per heavy atom. The Hall–Kier alpha value is -2.19. The number of nitrogens with one attached hydrogen (secondary N) is 2.